The van der Waals surface area contributed by atoms with Crippen LogP contribution in [0.5, 0.6) is 5.75 Å². The SMILES string of the molecule is N#C/C(F)=C/C=C/C1CCC([C@H]2CC[C@H](CCCCc3ccc(OC(F)(F)F)cc3)CC2)CC1. The molecule has 0 unspecified atom stereocenters. The summed E-state index contributed by atoms with van der Waals surface area (Å²) in [6.45, 7) is 0. The fraction of sp³-hybridized carbons (Fsp3) is 0.607. The van der Waals surface area contributed by atoms with E-state index in [0.717, 1.165) is 55.4 Å². The zero-order valence-corrected chi connectivity index (χ0v) is 19.7. The zero-order valence-electron chi connectivity index (χ0n) is 19.7. The van der Waals surface area contributed by atoms with Crippen LogP contribution in [-0.4, -0.2) is 6.36 Å². The number of benzene rings is 1. The lowest BCUT2D eigenvalue weighted by Gasteiger charge is -2.37. The molecule has 0 bridgehead atoms. The molecule has 0 aliphatic heterocycles. The largest absolute Gasteiger partial charge is 0.573 e. The maximum absolute atomic E-state index is 12.9. The van der Waals surface area contributed by atoms with Crippen LogP contribution in [0.2, 0.25) is 0 Å². The summed E-state index contributed by atoms with van der Waals surface area (Å²) in [7, 11) is 0. The first-order valence-electron chi connectivity index (χ1n) is 12.6. The molecule has 0 spiro atoms. The summed E-state index contributed by atoms with van der Waals surface area (Å²) in [4.78, 5) is 0. The van der Waals surface area contributed by atoms with Crippen molar-refractivity contribution >= 4 is 0 Å². The van der Waals surface area contributed by atoms with E-state index in [9.17, 15) is 17.6 Å². The maximum Gasteiger partial charge on any atom is 0.573 e. The molecular formula is C28H35F4NO. The Morgan fingerprint density at radius 2 is 1.56 bits per heavy atom. The number of hydrogen-bond acceptors (Lipinski definition) is 2. The highest BCUT2D eigenvalue weighted by atomic mass is 19.4. The lowest BCUT2D eigenvalue weighted by atomic mass is 9.68. The number of nitriles is 1. The van der Waals surface area contributed by atoms with Gasteiger partial charge >= 0.3 is 6.36 Å². The Balaban J connectivity index is 1.28. The number of nitrogens with zero attached hydrogens (tertiary/aromatic N) is 1. The minimum atomic E-state index is -4.64. The Kier molecular flexibility index (Phi) is 10.0. The van der Waals surface area contributed by atoms with Gasteiger partial charge in [-0.3, -0.25) is 0 Å². The third-order valence-electron chi connectivity index (χ3n) is 7.59. The molecule has 34 heavy (non-hydrogen) atoms. The topological polar surface area (TPSA) is 33.0 Å². The first-order chi connectivity index (χ1) is 16.3. The molecule has 0 amide bonds. The van der Waals surface area contributed by atoms with Crippen LogP contribution in [0.3, 0.4) is 0 Å². The Bertz CT molecular complexity index is 837. The van der Waals surface area contributed by atoms with Gasteiger partial charge in [0.2, 0.25) is 0 Å². The van der Waals surface area contributed by atoms with Gasteiger partial charge in [0.1, 0.15) is 11.8 Å². The molecule has 6 heteroatoms. The van der Waals surface area contributed by atoms with E-state index in [0.29, 0.717) is 5.92 Å². The lowest BCUT2D eigenvalue weighted by molar-refractivity contribution is -0.274. The Morgan fingerprint density at radius 1 is 0.941 bits per heavy atom. The normalized spacial score (nSPS) is 26.4. The van der Waals surface area contributed by atoms with E-state index >= 15 is 0 Å². The first kappa shape index (κ1) is 26.3. The number of halogens is 4. The highest BCUT2D eigenvalue weighted by molar-refractivity contribution is 5.27. The molecule has 2 fully saturated rings. The highest BCUT2D eigenvalue weighted by Crippen LogP contribution is 2.42. The quantitative estimate of drug-likeness (QED) is 0.154. The van der Waals surface area contributed by atoms with Crippen molar-refractivity contribution in [1.29, 1.82) is 5.26 Å². The van der Waals surface area contributed by atoms with Gasteiger partial charge in [-0.15, -0.1) is 13.2 Å². The molecule has 186 valence electrons. The van der Waals surface area contributed by atoms with Gasteiger partial charge in [0.05, 0.1) is 0 Å². The standard InChI is InChI=1S/C28H35F4NO/c29-26(20-33)7-3-6-23-10-16-25(17-11-23)24-14-8-21(9-15-24)4-1-2-5-22-12-18-27(19-13-22)34-28(30,31)32/h3,6-7,12-13,18-19,21,23-25H,1-2,4-5,8-11,14-17H2/b6-3+,26-7-/t21-,23?,24-,25?. The van der Waals surface area contributed by atoms with Crippen LogP contribution in [0.4, 0.5) is 17.6 Å². The van der Waals surface area contributed by atoms with Crippen molar-refractivity contribution in [1.82, 2.24) is 0 Å². The first-order valence-corrected chi connectivity index (χ1v) is 12.6. The van der Waals surface area contributed by atoms with Gasteiger partial charge < -0.3 is 4.74 Å². The van der Waals surface area contributed by atoms with Gasteiger partial charge in [-0.1, -0.05) is 50.0 Å². The number of alkyl halides is 3. The molecule has 0 saturated heterocycles. The molecule has 1 aromatic rings. The van der Waals surface area contributed by atoms with Crippen LogP contribution in [-0.2, 0) is 6.42 Å². The van der Waals surface area contributed by atoms with Gasteiger partial charge in [0, 0.05) is 0 Å². The van der Waals surface area contributed by atoms with Crippen molar-refractivity contribution < 1.29 is 22.3 Å². The van der Waals surface area contributed by atoms with Crippen molar-refractivity contribution in [3.63, 3.8) is 0 Å². The van der Waals surface area contributed by atoms with E-state index in [1.807, 2.05) is 0 Å². The third-order valence-corrected chi connectivity index (χ3v) is 7.59. The van der Waals surface area contributed by atoms with Crippen LogP contribution >= 0.6 is 0 Å². The van der Waals surface area contributed by atoms with Crippen LogP contribution in [0, 0.1) is 35.0 Å². The molecule has 1 aromatic carbocycles. The summed E-state index contributed by atoms with van der Waals surface area (Å²) in [6.07, 6.45) is 14.8. The van der Waals surface area contributed by atoms with Crippen molar-refractivity contribution in [3.05, 3.63) is 53.9 Å². The average molecular weight is 478 g/mol. The molecule has 0 N–H and O–H groups in total. The predicted octanol–water partition coefficient (Wildman–Crippen LogP) is 8.84. The summed E-state index contributed by atoms with van der Waals surface area (Å²) in [6, 6.07) is 7.71. The summed E-state index contributed by atoms with van der Waals surface area (Å²) in [5, 5.41) is 8.45. The Hall–Kier alpha value is -2.29. The molecule has 2 aliphatic carbocycles. The molecule has 0 atom stereocenters. The van der Waals surface area contributed by atoms with E-state index < -0.39 is 12.2 Å². The summed E-state index contributed by atoms with van der Waals surface area (Å²) in [5.41, 5.74) is 1.05. The molecule has 2 saturated carbocycles. The third kappa shape index (κ3) is 9.16. The maximum atomic E-state index is 12.9. The highest BCUT2D eigenvalue weighted by Gasteiger charge is 2.31. The van der Waals surface area contributed by atoms with Crippen molar-refractivity contribution in [3.8, 4) is 11.8 Å². The van der Waals surface area contributed by atoms with E-state index in [-0.39, 0.29) is 5.75 Å². The second-order valence-corrected chi connectivity index (χ2v) is 9.90. The number of aryl methyl sites for hydroxylation is 1. The fourth-order valence-electron chi connectivity index (χ4n) is 5.71. The number of unbranched alkanes of at least 4 members (excludes halogenated alkanes) is 1. The number of hydrogen-bond donors (Lipinski definition) is 0. The number of ether oxygens (including phenoxy) is 1. The van der Waals surface area contributed by atoms with Crippen LogP contribution in [0.1, 0.15) is 76.2 Å². The monoisotopic (exact) mass is 477 g/mol. The minimum Gasteiger partial charge on any atom is -0.406 e. The molecule has 0 aromatic heterocycles. The van der Waals surface area contributed by atoms with Crippen molar-refractivity contribution in [2.75, 3.05) is 0 Å². The molecule has 3 rings (SSSR count). The fourth-order valence-corrected chi connectivity index (χ4v) is 5.71. The Labute approximate surface area is 200 Å². The Morgan fingerprint density at radius 3 is 2.15 bits per heavy atom. The number of allylic oxidation sites excluding steroid dienone is 4. The van der Waals surface area contributed by atoms with Crippen molar-refractivity contribution in [2.45, 2.75) is 83.4 Å². The van der Waals surface area contributed by atoms with Crippen LogP contribution < -0.4 is 4.74 Å². The van der Waals surface area contributed by atoms with Gasteiger partial charge in [0.15, 0.2) is 5.83 Å². The van der Waals surface area contributed by atoms with Crippen LogP contribution in [0.15, 0.2) is 48.3 Å². The molecule has 2 nitrogen and oxygen atoms in total. The zero-order chi connectivity index (χ0) is 24.4. The van der Waals surface area contributed by atoms with Gasteiger partial charge in [-0.25, -0.2) is 0 Å². The van der Waals surface area contributed by atoms with E-state index in [2.05, 4.69) is 10.8 Å². The summed E-state index contributed by atoms with van der Waals surface area (Å²) >= 11 is 0. The molecule has 2 aliphatic rings. The molecular weight excluding hydrogens is 442 g/mol. The van der Waals surface area contributed by atoms with Gasteiger partial charge in [0.25, 0.3) is 0 Å². The minimum absolute atomic E-state index is 0.166. The van der Waals surface area contributed by atoms with Crippen LogP contribution in [0.25, 0.3) is 0 Å². The van der Waals surface area contributed by atoms with Gasteiger partial charge in [-0.05, 0) is 98.8 Å². The molecule has 0 heterocycles. The predicted molar refractivity (Wildman–Crippen MR) is 126 cm³/mol. The lowest BCUT2D eigenvalue weighted by Crippen LogP contribution is -2.25. The number of rotatable bonds is 9. The summed E-state index contributed by atoms with van der Waals surface area (Å²) in [5.74, 6) is 2.07. The van der Waals surface area contributed by atoms with Crippen molar-refractivity contribution in [2.24, 2.45) is 23.7 Å². The van der Waals surface area contributed by atoms with Gasteiger partial charge in [-0.2, -0.15) is 9.65 Å². The second kappa shape index (κ2) is 13.0. The molecule has 0 radical (unpaired) electrons. The second-order valence-electron chi connectivity index (χ2n) is 9.90. The summed E-state index contributed by atoms with van der Waals surface area (Å²) < 4.78 is 53.5. The van der Waals surface area contributed by atoms with E-state index in [4.69, 9.17) is 5.26 Å². The van der Waals surface area contributed by atoms with E-state index in [1.54, 1.807) is 18.2 Å². The smallest absolute Gasteiger partial charge is 0.406 e. The average Bonchev–Trinajstić information content (AvgIpc) is 2.82. The van der Waals surface area contributed by atoms with E-state index in [1.165, 1.54) is 69.2 Å².